The zero-order valence-corrected chi connectivity index (χ0v) is 10.8. The number of rotatable bonds is 7. The number of ether oxygens (including phenoxy) is 1. The lowest BCUT2D eigenvalue weighted by Gasteiger charge is -2.09. The minimum Gasteiger partial charge on any atom is -0.380 e. The van der Waals surface area contributed by atoms with Gasteiger partial charge in [0.05, 0.1) is 12.5 Å². The predicted molar refractivity (Wildman–Crippen MR) is 67.0 cm³/mol. The van der Waals surface area contributed by atoms with Crippen LogP contribution in [0.4, 0.5) is 0 Å². The molecule has 0 aromatic rings. The summed E-state index contributed by atoms with van der Waals surface area (Å²) in [5.41, 5.74) is 0. The van der Waals surface area contributed by atoms with Crippen LogP contribution in [0.15, 0.2) is 0 Å². The SMILES string of the molecule is CCCCOCCNC(=O)C1CCNC1.Cl. The van der Waals surface area contributed by atoms with E-state index in [0.717, 1.165) is 39.0 Å². The highest BCUT2D eigenvalue weighted by molar-refractivity contribution is 5.85. The van der Waals surface area contributed by atoms with Crippen LogP contribution in [-0.4, -0.2) is 38.8 Å². The van der Waals surface area contributed by atoms with Crippen LogP contribution in [0.1, 0.15) is 26.2 Å². The highest BCUT2D eigenvalue weighted by Crippen LogP contribution is 2.06. The van der Waals surface area contributed by atoms with Crippen LogP contribution < -0.4 is 10.6 Å². The minimum atomic E-state index is 0. The number of hydrogen-bond donors (Lipinski definition) is 2. The fourth-order valence-electron chi connectivity index (χ4n) is 1.62. The summed E-state index contributed by atoms with van der Waals surface area (Å²) in [7, 11) is 0. The molecule has 5 heteroatoms. The van der Waals surface area contributed by atoms with Crippen LogP contribution in [0.3, 0.4) is 0 Å². The van der Waals surface area contributed by atoms with E-state index in [9.17, 15) is 4.79 Å². The van der Waals surface area contributed by atoms with E-state index in [4.69, 9.17) is 4.74 Å². The second-order valence-electron chi connectivity index (χ2n) is 3.95. The van der Waals surface area contributed by atoms with E-state index in [1.165, 1.54) is 0 Å². The van der Waals surface area contributed by atoms with Gasteiger partial charge in [-0.25, -0.2) is 0 Å². The lowest BCUT2D eigenvalue weighted by atomic mass is 10.1. The molecule has 1 atom stereocenters. The van der Waals surface area contributed by atoms with Crippen LogP contribution in [0, 0.1) is 5.92 Å². The molecule has 0 bridgehead atoms. The summed E-state index contributed by atoms with van der Waals surface area (Å²) in [6.45, 7) is 5.99. The molecule has 4 nitrogen and oxygen atoms in total. The molecule has 1 rings (SSSR count). The smallest absolute Gasteiger partial charge is 0.224 e. The van der Waals surface area contributed by atoms with Crippen LogP contribution in [0.25, 0.3) is 0 Å². The summed E-state index contributed by atoms with van der Waals surface area (Å²) in [5.74, 6) is 0.333. The summed E-state index contributed by atoms with van der Waals surface area (Å²) in [4.78, 5) is 11.5. The Kier molecular flexibility index (Phi) is 9.68. The number of unbranched alkanes of at least 4 members (excludes halogenated alkanes) is 1. The molecule has 0 spiro atoms. The van der Waals surface area contributed by atoms with E-state index in [-0.39, 0.29) is 24.2 Å². The molecule has 2 N–H and O–H groups in total. The van der Waals surface area contributed by atoms with Gasteiger partial charge in [0.1, 0.15) is 0 Å². The number of carbonyl (C=O) groups excluding carboxylic acids is 1. The third kappa shape index (κ3) is 6.30. The Balaban J connectivity index is 0.00000225. The molecule has 16 heavy (non-hydrogen) atoms. The Morgan fingerprint density at radius 3 is 2.94 bits per heavy atom. The molecule has 0 saturated carbocycles. The highest BCUT2D eigenvalue weighted by atomic mass is 35.5. The normalized spacial score (nSPS) is 19.2. The monoisotopic (exact) mass is 250 g/mol. The van der Waals surface area contributed by atoms with E-state index < -0.39 is 0 Å². The second-order valence-corrected chi connectivity index (χ2v) is 3.95. The summed E-state index contributed by atoms with van der Waals surface area (Å²) in [5, 5.41) is 6.08. The van der Waals surface area contributed by atoms with E-state index in [0.29, 0.717) is 13.2 Å². The van der Waals surface area contributed by atoms with Crippen LogP contribution in [0.5, 0.6) is 0 Å². The Morgan fingerprint density at radius 2 is 2.31 bits per heavy atom. The van der Waals surface area contributed by atoms with Crippen molar-refractivity contribution in [3.05, 3.63) is 0 Å². The second kappa shape index (κ2) is 9.87. The van der Waals surface area contributed by atoms with Gasteiger partial charge in [-0.05, 0) is 19.4 Å². The summed E-state index contributed by atoms with van der Waals surface area (Å²) >= 11 is 0. The molecule has 1 saturated heterocycles. The first-order valence-corrected chi connectivity index (χ1v) is 5.90. The van der Waals surface area contributed by atoms with E-state index in [1.54, 1.807) is 0 Å². The topological polar surface area (TPSA) is 50.4 Å². The maximum atomic E-state index is 11.5. The Hall–Kier alpha value is -0.320. The van der Waals surface area contributed by atoms with Gasteiger partial charge in [0.2, 0.25) is 5.91 Å². The Morgan fingerprint density at radius 1 is 1.50 bits per heavy atom. The van der Waals surface area contributed by atoms with Gasteiger partial charge in [0.15, 0.2) is 0 Å². The van der Waals surface area contributed by atoms with Gasteiger partial charge in [-0.15, -0.1) is 12.4 Å². The first kappa shape index (κ1) is 15.7. The number of hydrogen-bond acceptors (Lipinski definition) is 3. The van der Waals surface area contributed by atoms with Gasteiger partial charge in [-0.2, -0.15) is 0 Å². The van der Waals surface area contributed by atoms with Crippen molar-refractivity contribution in [3.8, 4) is 0 Å². The van der Waals surface area contributed by atoms with Crippen LogP contribution >= 0.6 is 12.4 Å². The van der Waals surface area contributed by atoms with Gasteiger partial charge >= 0.3 is 0 Å². The standard InChI is InChI=1S/C11H22N2O2.ClH/c1-2-3-7-15-8-6-13-11(14)10-4-5-12-9-10;/h10,12H,2-9H2,1H3,(H,13,14);1H. The fraction of sp³-hybridized carbons (Fsp3) is 0.909. The zero-order chi connectivity index (χ0) is 10.9. The maximum Gasteiger partial charge on any atom is 0.224 e. The number of amides is 1. The third-order valence-electron chi connectivity index (χ3n) is 2.62. The average molecular weight is 251 g/mol. The first-order chi connectivity index (χ1) is 7.34. The lowest BCUT2D eigenvalue weighted by Crippen LogP contribution is -2.34. The van der Waals surface area contributed by atoms with Crippen molar-refractivity contribution in [2.45, 2.75) is 26.2 Å². The van der Waals surface area contributed by atoms with E-state index >= 15 is 0 Å². The highest BCUT2D eigenvalue weighted by Gasteiger charge is 2.21. The van der Waals surface area contributed by atoms with Crippen molar-refractivity contribution < 1.29 is 9.53 Å². The molecule has 1 unspecified atom stereocenters. The summed E-state index contributed by atoms with van der Waals surface area (Å²) < 4.78 is 5.36. The van der Waals surface area contributed by atoms with Crippen molar-refractivity contribution in [2.24, 2.45) is 5.92 Å². The fourth-order valence-corrected chi connectivity index (χ4v) is 1.62. The van der Waals surface area contributed by atoms with Crippen molar-refractivity contribution in [1.82, 2.24) is 10.6 Å². The minimum absolute atomic E-state index is 0. The molecule has 0 aromatic carbocycles. The molecule has 1 fully saturated rings. The van der Waals surface area contributed by atoms with Crippen LogP contribution in [0.2, 0.25) is 0 Å². The van der Waals surface area contributed by atoms with Crippen molar-refractivity contribution >= 4 is 18.3 Å². The number of halogens is 1. The predicted octanol–water partition coefficient (Wildman–Crippen LogP) is 0.951. The van der Waals surface area contributed by atoms with Crippen molar-refractivity contribution in [1.29, 1.82) is 0 Å². The summed E-state index contributed by atoms with van der Waals surface area (Å²) in [6.07, 6.45) is 3.21. The molecular weight excluding hydrogens is 228 g/mol. The molecule has 96 valence electrons. The first-order valence-electron chi connectivity index (χ1n) is 5.90. The van der Waals surface area contributed by atoms with Gasteiger partial charge < -0.3 is 15.4 Å². The molecule has 1 aliphatic rings. The molecule has 1 heterocycles. The Labute approximate surface area is 104 Å². The van der Waals surface area contributed by atoms with E-state index in [1.807, 2.05) is 0 Å². The molecule has 0 aromatic heterocycles. The van der Waals surface area contributed by atoms with Gasteiger partial charge in [-0.3, -0.25) is 4.79 Å². The maximum absolute atomic E-state index is 11.5. The molecule has 0 radical (unpaired) electrons. The van der Waals surface area contributed by atoms with Crippen LogP contribution in [-0.2, 0) is 9.53 Å². The number of nitrogens with one attached hydrogen (secondary N) is 2. The summed E-state index contributed by atoms with van der Waals surface area (Å²) in [6, 6.07) is 0. The molecule has 1 amide bonds. The molecule has 1 aliphatic heterocycles. The lowest BCUT2D eigenvalue weighted by molar-refractivity contribution is -0.124. The number of carbonyl (C=O) groups is 1. The van der Waals surface area contributed by atoms with Crippen molar-refractivity contribution in [2.75, 3.05) is 32.8 Å². The van der Waals surface area contributed by atoms with Crippen molar-refractivity contribution in [3.63, 3.8) is 0 Å². The average Bonchev–Trinajstić information content (AvgIpc) is 2.76. The zero-order valence-electron chi connectivity index (χ0n) is 9.96. The van der Waals surface area contributed by atoms with Gasteiger partial charge in [-0.1, -0.05) is 13.3 Å². The quantitative estimate of drug-likeness (QED) is 0.662. The third-order valence-corrected chi connectivity index (χ3v) is 2.62. The van der Waals surface area contributed by atoms with Gasteiger partial charge in [0, 0.05) is 19.7 Å². The Bertz CT molecular complexity index is 185. The van der Waals surface area contributed by atoms with E-state index in [2.05, 4.69) is 17.6 Å². The largest absolute Gasteiger partial charge is 0.380 e. The van der Waals surface area contributed by atoms with Gasteiger partial charge in [0.25, 0.3) is 0 Å². The molecular formula is C11H23ClN2O2. The molecule has 0 aliphatic carbocycles.